The monoisotopic (exact) mass is 265 g/mol. The summed E-state index contributed by atoms with van der Waals surface area (Å²) in [4.78, 5) is 15.9. The van der Waals surface area contributed by atoms with Crippen molar-refractivity contribution in [3.63, 3.8) is 0 Å². The van der Waals surface area contributed by atoms with E-state index >= 15 is 0 Å². The molecule has 1 aromatic rings. The number of rotatable bonds is 5. The number of carbonyl (C=O) groups excluding carboxylic acids is 1. The van der Waals surface area contributed by atoms with Crippen molar-refractivity contribution >= 4 is 17.5 Å². The lowest BCUT2D eigenvalue weighted by Crippen LogP contribution is -2.29. The van der Waals surface area contributed by atoms with Crippen LogP contribution in [0.2, 0.25) is 0 Å². The fraction of sp³-hybridized carbons (Fsp3) is 0.571. The van der Waals surface area contributed by atoms with Crippen molar-refractivity contribution < 1.29 is 9.53 Å². The van der Waals surface area contributed by atoms with Crippen molar-refractivity contribution in [2.24, 2.45) is 11.3 Å². The van der Waals surface area contributed by atoms with E-state index < -0.39 is 5.97 Å². The molecule has 1 heterocycles. The van der Waals surface area contributed by atoms with E-state index in [1.165, 1.54) is 13.3 Å². The van der Waals surface area contributed by atoms with Crippen LogP contribution in [-0.2, 0) is 4.74 Å². The van der Waals surface area contributed by atoms with E-state index in [1.54, 1.807) is 6.07 Å². The molecule has 3 N–H and O–H groups in total. The van der Waals surface area contributed by atoms with Gasteiger partial charge in [-0.3, -0.25) is 0 Å². The minimum Gasteiger partial charge on any atom is -0.465 e. The summed E-state index contributed by atoms with van der Waals surface area (Å²) in [6.45, 7) is 9.38. The molecule has 0 atom stereocenters. The van der Waals surface area contributed by atoms with Crippen LogP contribution in [0.1, 0.15) is 38.1 Å². The first-order valence-electron chi connectivity index (χ1n) is 6.35. The maximum absolute atomic E-state index is 11.7. The van der Waals surface area contributed by atoms with Crippen LogP contribution in [0.3, 0.4) is 0 Å². The number of esters is 1. The van der Waals surface area contributed by atoms with Crippen LogP contribution in [0.5, 0.6) is 0 Å². The molecule has 1 aromatic heterocycles. The summed E-state index contributed by atoms with van der Waals surface area (Å²) < 4.78 is 4.74. The lowest BCUT2D eigenvalue weighted by molar-refractivity contribution is 0.0601. The smallest absolute Gasteiger partial charge is 0.341 e. The number of hydrogen-bond donors (Lipinski definition) is 2. The number of nitrogens with two attached hydrogens (primary N) is 1. The van der Waals surface area contributed by atoms with E-state index in [0.717, 1.165) is 0 Å². The van der Waals surface area contributed by atoms with Gasteiger partial charge in [0.1, 0.15) is 11.4 Å². The molecular weight excluding hydrogens is 242 g/mol. The second-order valence-electron chi connectivity index (χ2n) is 5.65. The van der Waals surface area contributed by atoms with Crippen LogP contribution in [0.15, 0.2) is 12.3 Å². The molecule has 0 bridgehead atoms. The molecule has 0 saturated heterocycles. The Balaban J connectivity index is 2.92. The molecule has 0 spiro atoms. The van der Waals surface area contributed by atoms with Gasteiger partial charge in [0, 0.05) is 6.54 Å². The summed E-state index contributed by atoms with van der Waals surface area (Å²) in [5.41, 5.74) is 6.55. The molecule has 0 aromatic carbocycles. The normalized spacial score (nSPS) is 11.5. The minimum absolute atomic E-state index is 0.0937. The SMILES string of the molecule is COC(=O)c1cc(N)cnc1NCC(C)(C)C(C)C. The molecule has 0 saturated carbocycles. The molecule has 0 amide bonds. The first-order chi connectivity index (χ1) is 8.77. The highest BCUT2D eigenvalue weighted by molar-refractivity contribution is 5.95. The Labute approximate surface area is 114 Å². The van der Waals surface area contributed by atoms with Crippen molar-refractivity contribution in [3.05, 3.63) is 17.8 Å². The van der Waals surface area contributed by atoms with Crippen molar-refractivity contribution in [3.8, 4) is 0 Å². The average molecular weight is 265 g/mol. The van der Waals surface area contributed by atoms with Gasteiger partial charge in [0.2, 0.25) is 0 Å². The van der Waals surface area contributed by atoms with Crippen molar-refractivity contribution in [1.29, 1.82) is 0 Å². The van der Waals surface area contributed by atoms with E-state index in [9.17, 15) is 4.79 Å². The molecule has 0 radical (unpaired) electrons. The van der Waals surface area contributed by atoms with Crippen LogP contribution >= 0.6 is 0 Å². The van der Waals surface area contributed by atoms with Gasteiger partial charge < -0.3 is 15.8 Å². The number of hydrogen-bond acceptors (Lipinski definition) is 5. The molecule has 0 aliphatic heterocycles. The zero-order valence-corrected chi connectivity index (χ0v) is 12.3. The molecule has 0 unspecified atom stereocenters. The van der Waals surface area contributed by atoms with Gasteiger partial charge in [-0.05, 0) is 17.4 Å². The van der Waals surface area contributed by atoms with Crippen molar-refractivity contribution in [2.45, 2.75) is 27.7 Å². The molecular formula is C14H23N3O2. The number of anilines is 2. The van der Waals surface area contributed by atoms with Gasteiger partial charge in [0.15, 0.2) is 0 Å². The highest BCUT2D eigenvalue weighted by atomic mass is 16.5. The summed E-state index contributed by atoms with van der Waals surface area (Å²) in [6, 6.07) is 1.57. The predicted octanol–water partition coefficient (Wildman–Crippen LogP) is 2.54. The molecule has 5 nitrogen and oxygen atoms in total. The van der Waals surface area contributed by atoms with E-state index in [-0.39, 0.29) is 5.41 Å². The third kappa shape index (κ3) is 3.84. The number of nitrogens with zero attached hydrogens (tertiary/aromatic N) is 1. The van der Waals surface area contributed by atoms with E-state index in [4.69, 9.17) is 10.5 Å². The lowest BCUT2D eigenvalue weighted by atomic mass is 9.81. The van der Waals surface area contributed by atoms with E-state index in [1.807, 2.05) is 0 Å². The Morgan fingerprint density at radius 1 is 1.53 bits per heavy atom. The zero-order valence-electron chi connectivity index (χ0n) is 12.3. The number of ether oxygens (including phenoxy) is 1. The highest BCUT2D eigenvalue weighted by Gasteiger charge is 2.23. The van der Waals surface area contributed by atoms with E-state index in [2.05, 4.69) is 38.0 Å². The molecule has 0 fully saturated rings. The number of methoxy groups -OCH3 is 1. The second-order valence-corrected chi connectivity index (χ2v) is 5.65. The van der Waals surface area contributed by atoms with Gasteiger partial charge in [0.25, 0.3) is 0 Å². The van der Waals surface area contributed by atoms with Crippen LogP contribution in [0, 0.1) is 11.3 Å². The minimum atomic E-state index is -0.440. The Morgan fingerprint density at radius 3 is 2.68 bits per heavy atom. The van der Waals surface area contributed by atoms with Gasteiger partial charge in [0.05, 0.1) is 19.0 Å². The maximum atomic E-state index is 11.7. The summed E-state index contributed by atoms with van der Waals surface area (Å²) >= 11 is 0. The Kier molecular flexibility index (Phi) is 4.75. The number of carbonyl (C=O) groups is 1. The zero-order chi connectivity index (χ0) is 14.6. The van der Waals surface area contributed by atoms with Gasteiger partial charge >= 0.3 is 5.97 Å². The standard InChI is InChI=1S/C14H23N3O2/c1-9(2)14(3,4)8-17-12-11(13(18)19-5)6-10(15)7-16-12/h6-7,9H,8,15H2,1-5H3,(H,16,17). The molecule has 1 rings (SSSR count). The van der Waals surface area contributed by atoms with Gasteiger partial charge in [-0.2, -0.15) is 0 Å². The third-order valence-electron chi connectivity index (χ3n) is 3.59. The molecule has 0 aliphatic rings. The lowest BCUT2D eigenvalue weighted by Gasteiger charge is -2.29. The molecule has 0 aliphatic carbocycles. The third-order valence-corrected chi connectivity index (χ3v) is 3.59. The topological polar surface area (TPSA) is 77.2 Å². The van der Waals surface area contributed by atoms with Crippen LogP contribution in [0.25, 0.3) is 0 Å². The van der Waals surface area contributed by atoms with Gasteiger partial charge in [-0.1, -0.05) is 27.7 Å². The predicted molar refractivity (Wildman–Crippen MR) is 77.1 cm³/mol. The number of nitrogens with one attached hydrogen (secondary N) is 1. The summed E-state index contributed by atoms with van der Waals surface area (Å²) in [5, 5.41) is 3.21. The summed E-state index contributed by atoms with van der Waals surface area (Å²) in [6.07, 6.45) is 1.52. The molecule has 19 heavy (non-hydrogen) atoms. The first-order valence-corrected chi connectivity index (χ1v) is 6.35. The van der Waals surface area contributed by atoms with Crippen LogP contribution in [-0.4, -0.2) is 24.6 Å². The summed E-state index contributed by atoms with van der Waals surface area (Å²) in [5.74, 6) is 0.579. The van der Waals surface area contributed by atoms with Crippen LogP contribution < -0.4 is 11.1 Å². The quantitative estimate of drug-likeness (QED) is 0.800. The Hall–Kier alpha value is -1.78. The average Bonchev–Trinajstić information content (AvgIpc) is 2.36. The fourth-order valence-corrected chi connectivity index (χ4v) is 1.40. The fourth-order valence-electron chi connectivity index (χ4n) is 1.40. The van der Waals surface area contributed by atoms with Gasteiger partial charge in [-0.25, -0.2) is 9.78 Å². The Bertz CT molecular complexity index is 456. The van der Waals surface area contributed by atoms with Crippen molar-refractivity contribution in [1.82, 2.24) is 4.98 Å². The maximum Gasteiger partial charge on any atom is 0.341 e. The first kappa shape index (κ1) is 15.3. The number of pyridine rings is 1. The van der Waals surface area contributed by atoms with Crippen molar-refractivity contribution in [2.75, 3.05) is 24.7 Å². The molecule has 106 valence electrons. The van der Waals surface area contributed by atoms with E-state index in [0.29, 0.717) is 29.5 Å². The van der Waals surface area contributed by atoms with Crippen LogP contribution in [0.4, 0.5) is 11.5 Å². The number of nitrogen functional groups attached to an aromatic ring is 1. The van der Waals surface area contributed by atoms with Gasteiger partial charge in [-0.15, -0.1) is 0 Å². The number of aromatic nitrogens is 1. The largest absolute Gasteiger partial charge is 0.465 e. The second kappa shape index (κ2) is 5.91. The Morgan fingerprint density at radius 2 is 2.16 bits per heavy atom. The molecule has 5 heteroatoms. The summed E-state index contributed by atoms with van der Waals surface area (Å²) in [7, 11) is 1.34. The highest BCUT2D eigenvalue weighted by Crippen LogP contribution is 2.27.